The van der Waals surface area contributed by atoms with Gasteiger partial charge >= 0.3 is 12.1 Å². The smallest absolute Gasteiger partial charge is 0.407 e. The molecule has 1 heterocycles. The van der Waals surface area contributed by atoms with Crippen LogP contribution >= 0.6 is 0 Å². The number of ether oxygens (including phenoxy) is 1. The topological polar surface area (TPSA) is 116 Å². The third kappa shape index (κ3) is 5.45. The number of amides is 3. The van der Waals surface area contributed by atoms with Gasteiger partial charge in [-0.3, -0.25) is 14.4 Å². The number of carboxylic acids is 1. The molecule has 0 bridgehead atoms. The van der Waals surface area contributed by atoms with Crippen LogP contribution in [0.2, 0.25) is 0 Å². The van der Waals surface area contributed by atoms with Gasteiger partial charge in [0.15, 0.2) is 0 Å². The van der Waals surface area contributed by atoms with Crippen LogP contribution < -0.4 is 5.32 Å². The van der Waals surface area contributed by atoms with Crippen molar-refractivity contribution >= 4 is 23.9 Å². The largest absolute Gasteiger partial charge is 0.480 e. The molecular weight excluding hydrogens is 450 g/mol. The maximum atomic E-state index is 12.8. The first-order valence-electron chi connectivity index (χ1n) is 11.5. The van der Waals surface area contributed by atoms with Crippen molar-refractivity contribution < 1.29 is 29.0 Å². The number of nitrogens with one attached hydrogen (secondary N) is 1. The van der Waals surface area contributed by atoms with Crippen LogP contribution in [0, 0.1) is 0 Å². The fourth-order valence-corrected chi connectivity index (χ4v) is 4.70. The molecule has 0 aromatic heterocycles. The van der Waals surface area contributed by atoms with Crippen LogP contribution in [-0.2, 0) is 19.1 Å². The van der Waals surface area contributed by atoms with Crippen molar-refractivity contribution in [2.45, 2.75) is 31.7 Å². The average molecular weight is 480 g/mol. The third-order valence-electron chi connectivity index (χ3n) is 6.37. The van der Waals surface area contributed by atoms with E-state index < -0.39 is 23.5 Å². The van der Waals surface area contributed by atoms with E-state index in [1.807, 2.05) is 36.4 Å². The Morgan fingerprint density at radius 2 is 1.63 bits per heavy atom. The molecule has 9 heteroatoms. The molecule has 2 N–H and O–H groups in total. The highest BCUT2D eigenvalue weighted by molar-refractivity contribution is 5.88. The van der Waals surface area contributed by atoms with Crippen LogP contribution in [0.5, 0.6) is 0 Å². The van der Waals surface area contributed by atoms with Crippen LogP contribution in [0.1, 0.15) is 37.3 Å². The molecule has 1 fully saturated rings. The van der Waals surface area contributed by atoms with E-state index in [1.54, 1.807) is 13.8 Å². The highest BCUT2D eigenvalue weighted by Crippen LogP contribution is 2.44. The Morgan fingerprint density at radius 1 is 1.03 bits per heavy atom. The Balaban J connectivity index is 1.31. The van der Waals surface area contributed by atoms with E-state index in [0.29, 0.717) is 0 Å². The molecule has 35 heavy (non-hydrogen) atoms. The van der Waals surface area contributed by atoms with E-state index in [9.17, 15) is 19.2 Å². The number of hydrogen-bond acceptors (Lipinski definition) is 5. The highest BCUT2D eigenvalue weighted by Gasteiger charge is 2.33. The van der Waals surface area contributed by atoms with Crippen molar-refractivity contribution in [2.24, 2.45) is 0 Å². The first-order chi connectivity index (χ1) is 16.6. The number of carboxylic acid groups (broad SMARTS) is 1. The first kappa shape index (κ1) is 24.3. The second-order valence-electron chi connectivity index (χ2n) is 9.54. The highest BCUT2D eigenvalue weighted by atomic mass is 16.5. The molecule has 9 nitrogen and oxygen atoms in total. The molecule has 184 valence electrons. The van der Waals surface area contributed by atoms with E-state index in [1.165, 1.54) is 9.80 Å². The van der Waals surface area contributed by atoms with Gasteiger partial charge in [0.25, 0.3) is 0 Å². The summed E-state index contributed by atoms with van der Waals surface area (Å²) < 4.78 is 5.58. The normalized spacial score (nSPS) is 15.4. The van der Waals surface area contributed by atoms with E-state index in [4.69, 9.17) is 9.84 Å². The maximum Gasteiger partial charge on any atom is 0.407 e. The zero-order valence-electron chi connectivity index (χ0n) is 19.8. The number of carbonyl (C=O) groups excluding carboxylic acids is 3. The number of fused-ring (bicyclic) bond motifs is 3. The Kier molecular flexibility index (Phi) is 6.77. The zero-order chi connectivity index (χ0) is 25.2. The number of alkyl carbamates (subject to hydrolysis) is 1. The molecule has 2 aromatic rings. The summed E-state index contributed by atoms with van der Waals surface area (Å²) in [5, 5.41) is 11.6. The minimum atomic E-state index is -1.09. The molecule has 0 unspecified atom stereocenters. The van der Waals surface area contributed by atoms with Crippen molar-refractivity contribution in [1.29, 1.82) is 0 Å². The van der Waals surface area contributed by atoms with Crippen LogP contribution in [0.3, 0.4) is 0 Å². The van der Waals surface area contributed by atoms with Crippen LogP contribution in [-0.4, -0.2) is 77.1 Å². The quantitative estimate of drug-likeness (QED) is 0.630. The van der Waals surface area contributed by atoms with E-state index >= 15 is 0 Å². The Bertz CT molecular complexity index is 1120. The fourth-order valence-electron chi connectivity index (χ4n) is 4.70. The predicted molar refractivity (Wildman–Crippen MR) is 128 cm³/mol. The number of carbonyl (C=O) groups is 4. The lowest BCUT2D eigenvalue weighted by Gasteiger charge is -2.35. The monoisotopic (exact) mass is 479 g/mol. The number of aliphatic carboxylic acids is 1. The van der Waals surface area contributed by atoms with Gasteiger partial charge in [0.05, 0.1) is 6.54 Å². The van der Waals surface area contributed by atoms with Gasteiger partial charge in [-0.2, -0.15) is 0 Å². The van der Waals surface area contributed by atoms with Gasteiger partial charge in [-0.05, 0) is 36.1 Å². The lowest BCUT2D eigenvalue weighted by molar-refractivity contribution is -0.150. The second-order valence-corrected chi connectivity index (χ2v) is 9.54. The van der Waals surface area contributed by atoms with E-state index in [0.717, 1.165) is 22.3 Å². The van der Waals surface area contributed by atoms with Gasteiger partial charge in [0.2, 0.25) is 11.8 Å². The average Bonchev–Trinajstić information content (AvgIpc) is 3.12. The molecular formula is C26H29N3O6. The molecule has 1 aliphatic heterocycles. The summed E-state index contributed by atoms with van der Waals surface area (Å²) in [7, 11) is 0. The molecule has 0 atom stereocenters. The third-order valence-corrected chi connectivity index (χ3v) is 6.37. The van der Waals surface area contributed by atoms with Crippen molar-refractivity contribution in [2.75, 3.05) is 32.8 Å². The summed E-state index contributed by atoms with van der Waals surface area (Å²) in [6.45, 7) is 3.46. The summed E-state index contributed by atoms with van der Waals surface area (Å²) >= 11 is 0. The minimum absolute atomic E-state index is 0.0244. The summed E-state index contributed by atoms with van der Waals surface area (Å²) in [4.78, 5) is 51.0. The summed E-state index contributed by atoms with van der Waals surface area (Å²) in [6.07, 6.45) is -0.643. The molecule has 2 aromatic carbocycles. The molecule has 1 aliphatic carbocycles. The number of nitrogens with zero attached hydrogens (tertiary/aromatic N) is 2. The Labute approximate surface area is 203 Å². The van der Waals surface area contributed by atoms with E-state index in [2.05, 4.69) is 17.4 Å². The first-order valence-corrected chi connectivity index (χ1v) is 11.5. The van der Waals surface area contributed by atoms with Crippen molar-refractivity contribution in [3.63, 3.8) is 0 Å². The standard InChI is InChI=1S/C26H29N3O6/c1-26(2,13-22(30)28-11-12-29(15-24(32)33)23(31)14-28)27-25(34)35-16-21-19-9-5-3-7-17(19)18-8-4-6-10-20(18)21/h3-10,21H,11-16H2,1-2H3,(H,27,34)(H,32,33). The minimum Gasteiger partial charge on any atom is -0.480 e. The van der Waals surface area contributed by atoms with Gasteiger partial charge in [-0.15, -0.1) is 0 Å². The summed E-state index contributed by atoms with van der Waals surface area (Å²) in [6, 6.07) is 16.1. The SMILES string of the molecule is CC(C)(CC(=O)N1CCN(CC(=O)O)C(=O)C1)NC(=O)OCC1c2ccccc2-c2ccccc21. The number of piperazine rings is 1. The Morgan fingerprint density at radius 3 is 2.20 bits per heavy atom. The molecule has 3 amide bonds. The molecule has 0 radical (unpaired) electrons. The number of rotatable bonds is 7. The molecule has 4 rings (SSSR count). The van der Waals surface area contributed by atoms with Gasteiger partial charge in [-0.1, -0.05) is 48.5 Å². The van der Waals surface area contributed by atoms with Crippen LogP contribution in [0.25, 0.3) is 11.1 Å². The van der Waals surface area contributed by atoms with Crippen molar-refractivity contribution in [3.8, 4) is 11.1 Å². The lowest BCUT2D eigenvalue weighted by Crippen LogP contribution is -2.55. The van der Waals surface area contributed by atoms with Gasteiger partial charge in [0, 0.05) is 31.0 Å². The second kappa shape index (κ2) is 9.77. The van der Waals surface area contributed by atoms with Gasteiger partial charge in [0.1, 0.15) is 13.2 Å². The summed E-state index contributed by atoms with van der Waals surface area (Å²) in [5.41, 5.74) is 3.60. The molecule has 0 saturated carbocycles. The number of benzene rings is 2. The van der Waals surface area contributed by atoms with Gasteiger partial charge < -0.3 is 25.0 Å². The Hall–Kier alpha value is -3.88. The van der Waals surface area contributed by atoms with Crippen molar-refractivity contribution in [1.82, 2.24) is 15.1 Å². The number of hydrogen-bond donors (Lipinski definition) is 2. The fraction of sp³-hybridized carbons (Fsp3) is 0.385. The zero-order valence-corrected chi connectivity index (χ0v) is 19.8. The molecule has 0 spiro atoms. The van der Waals surface area contributed by atoms with Crippen LogP contribution in [0.4, 0.5) is 4.79 Å². The predicted octanol–water partition coefficient (Wildman–Crippen LogP) is 2.45. The molecule has 2 aliphatic rings. The lowest BCUT2D eigenvalue weighted by atomic mass is 9.98. The summed E-state index contributed by atoms with van der Waals surface area (Å²) in [5.74, 6) is -1.86. The van der Waals surface area contributed by atoms with Gasteiger partial charge in [-0.25, -0.2) is 4.79 Å². The van der Waals surface area contributed by atoms with Crippen molar-refractivity contribution in [3.05, 3.63) is 59.7 Å². The van der Waals surface area contributed by atoms with Crippen LogP contribution in [0.15, 0.2) is 48.5 Å². The maximum absolute atomic E-state index is 12.8. The van der Waals surface area contributed by atoms with E-state index in [-0.39, 0.29) is 51.0 Å². The molecule has 1 saturated heterocycles.